The number of hydrogen-bond acceptors (Lipinski definition) is 1. The molecule has 2 N–H and O–H groups in total. The molecule has 0 atom stereocenters. The van der Waals surface area contributed by atoms with Crippen molar-refractivity contribution in [1.29, 1.82) is 0 Å². The third-order valence-electron chi connectivity index (χ3n) is 1.97. The molecule has 0 aliphatic heterocycles. The Kier molecular flexibility index (Phi) is 2.06. The van der Waals surface area contributed by atoms with Gasteiger partial charge in [-0.3, -0.25) is 0 Å². The molecule has 3 heteroatoms. The van der Waals surface area contributed by atoms with Gasteiger partial charge < -0.3 is 5.73 Å². The largest absolute Gasteiger partial charge is 0.398 e. The first-order valence-corrected chi connectivity index (χ1v) is 4.58. The Labute approximate surface area is 86.1 Å². The average Bonchev–Trinajstić information content (AvgIpc) is 2.15. The van der Waals surface area contributed by atoms with E-state index in [1.165, 1.54) is 0 Å². The van der Waals surface area contributed by atoms with E-state index in [4.69, 9.17) is 28.9 Å². The Morgan fingerprint density at radius 2 is 1.62 bits per heavy atom. The van der Waals surface area contributed by atoms with Crippen LogP contribution in [-0.2, 0) is 0 Å². The highest BCUT2D eigenvalue weighted by Gasteiger charge is 2.05. The molecule has 0 aliphatic rings. The topological polar surface area (TPSA) is 26.0 Å². The Bertz CT molecular complexity index is 466. The van der Waals surface area contributed by atoms with Gasteiger partial charge in [-0.15, -0.1) is 0 Å². The molecule has 1 nitrogen and oxygen atoms in total. The molecule has 66 valence electrons. The lowest BCUT2D eigenvalue weighted by molar-refractivity contribution is 1.72. The molecule has 0 unspecified atom stereocenters. The summed E-state index contributed by atoms with van der Waals surface area (Å²) in [7, 11) is 0. The SMILES string of the molecule is Nc1cc(Cl)c(Cl)c2ccccc12. The van der Waals surface area contributed by atoms with Crippen LogP contribution in [0.2, 0.25) is 10.0 Å². The van der Waals surface area contributed by atoms with Gasteiger partial charge in [-0.25, -0.2) is 0 Å². The highest BCUT2D eigenvalue weighted by molar-refractivity contribution is 6.45. The van der Waals surface area contributed by atoms with Crippen LogP contribution in [0.25, 0.3) is 10.8 Å². The molecule has 0 aromatic heterocycles. The fraction of sp³-hybridized carbons (Fsp3) is 0. The van der Waals surface area contributed by atoms with Crippen molar-refractivity contribution in [3.05, 3.63) is 40.4 Å². The van der Waals surface area contributed by atoms with E-state index in [0.29, 0.717) is 15.7 Å². The number of nitrogens with two attached hydrogens (primary N) is 1. The Balaban J connectivity index is 2.97. The summed E-state index contributed by atoms with van der Waals surface area (Å²) in [5, 5.41) is 2.90. The second-order valence-electron chi connectivity index (χ2n) is 2.81. The maximum absolute atomic E-state index is 6.01. The monoisotopic (exact) mass is 211 g/mol. The van der Waals surface area contributed by atoms with E-state index in [1.54, 1.807) is 6.07 Å². The Hall–Kier alpha value is -0.920. The first-order valence-electron chi connectivity index (χ1n) is 3.82. The molecule has 13 heavy (non-hydrogen) atoms. The summed E-state index contributed by atoms with van der Waals surface area (Å²) in [6, 6.07) is 9.33. The molecule has 0 aliphatic carbocycles. The van der Waals surface area contributed by atoms with Gasteiger partial charge in [0.15, 0.2) is 0 Å². The number of halogens is 2. The molecule has 0 bridgehead atoms. The summed E-state index contributed by atoms with van der Waals surface area (Å²) in [5.74, 6) is 0. The highest BCUT2D eigenvalue weighted by atomic mass is 35.5. The molecule has 0 radical (unpaired) electrons. The van der Waals surface area contributed by atoms with Crippen LogP contribution in [0.15, 0.2) is 30.3 Å². The van der Waals surface area contributed by atoms with Gasteiger partial charge in [0, 0.05) is 16.5 Å². The molecule has 0 saturated carbocycles. The molecule has 2 aromatic carbocycles. The quantitative estimate of drug-likeness (QED) is 0.661. The molecule has 2 rings (SSSR count). The number of nitrogen functional groups attached to an aromatic ring is 1. The first-order chi connectivity index (χ1) is 6.20. The van der Waals surface area contributed by atoms with Gasteiger partial charge in [-0.2, -0.15) is 0 Å². The normalized spacial score (nSPS) is 10.6. The molecule has 2 aromatic rings. The third-order valence-corrected chi connectivity index (χ3v) is 2.77. The Morgan fingerprint density at radius 3 is 2.31 bits per heavy atom. The fourth-order valence-corrected chi connectivity index (χ4v) is 1.77. The van der Waals surface area contributed by atoms with Crippen molar-refractivity contribution >= 4 is 39.7 Å². The Morgan fingerprint density at radius 1 is 1.00 bits per heavy atom. The van der Waals surface area contributed by atoms with Crippen molar-refractivity contribution < 1.29 is 0 Å². The minimum Gasteiger partial charge on any atom is -0.398 e. The summed E-state index contributed by atoms with van der Waals surface area (Å²) in [4.78, 5) is 0. The van der Waals surface area contributed by atoms with E-state index < -0.39 is 0 Å². The molecular formula is C10H7Cl2N. The van der Waals surface area contributed by atoms with Crippen LogP contribution in [0, 0.1) is 0 Å². The van der Waals surface area contributed by atoms with Gasteiger partial charge >= 0.3 is 0 Å². The van der Waals surface area contributed by atoms with Gasteiger partial charge in [-0.05, 0) is 6.07 Å². The molecule has 0 saturated heterocycles. The van der Waals surface area contributed by atoms with Crippen molar-refractivity contribution in [2.45, 2.75) is 0 Å². The van der Waals surface area contributed by atoms with Crippen LogP contribution in [-0.4, -0.2) is 0 Å². The number of hydrogen-bond donors (Lipinski definition) is 1. The van der Waals surface area contributed by atoms with E-state index in [1.807, 2.05) is 24.3 Å². The fourth-order valence-electron chi connectivity index (χ4n) is 1.33. The second kappa shape index (κ2) is 3.09. The number of anilines is 1. The molecule has 0 heterocycles. The van der Waals surface area contributed by atoms with Gasteiger partial charge in [-0.1, -0.05) is 47.5 Å². The van der Waals surface area contributed by atoms with Crippen molar-refractivity contribution in [2.24, 2.45) is 0 Å². The van der Waals surface area contributed by atoms with E-state index in [9.17, 15) is 0 Å². The zero-order valence-corrected chi connectivity index (χ0v) is 8.23. The van der Waals surface area contributed by atoms with E-state index in [-0.39, 0.29) is 0 Å². The van der Waals surface area contributed by atoms with Gasteiger partial charge in [0.1, 0.15) is 0 Å². The van der Waals surface area contributed by atoms with Crippen LogP contribution in [0.5, 0.6) is 0 Å². The summed E-state index contributed by atoms with van der Waals surface area (Å²) in [5.41, 5.74) is 6.44. The lowest BCUT2D eigenvalue weighted by atomic mass is 10.1. The van der Waals surface area contributed by atoms with E-state index in [0.717, 1.165) is 10.8 Å². The van der Waals surface area contributed by atoms with Gasteiger partial charge in [0.25, 0.3) is 0 Å². The van der Waals surface area contributed by atoms with Crippen LogP contribution < -0.4 is 5.73 Å². The van der Waals surface area contributed by atoms with Crippen molar-refractivity contribution in [3.8, 4) is 0 Å². The third kappa shape index (κ3) is 1.34. The highest BCUT2D eigenvalue weighted by Crippen LogP contribution is 2.34. The predicted octanol–water partition coefficient (Wildman–Crippen LogP) is 3.73. The van der Waals surface area contributed by atoms with Crippen LogP contribution in [0.3, 0.4) is 0 Å². The summed E-state index contributed by atoms with van der Waals surface area (Å²) in [6.45, 7) is 0. The lowest BCUT2D eigenvalue weighted by Crippen LogP contribution is -1.87. The first kappa shape index (κ1) is 8.67. The van der Waals surface area contributed by atoms with Crippen molar-refractivity contribution in [3.63, 3.8) is 0 Å². The molecule has 0 fully saturated rings. The summed E-state index contributed by atoms with van der Waals surface area (Å²) >= 11 is 11.9. The molecular weight excluding hydrogens is 205 g/mol. The predicted molar refractivity (Wildman–Crippen MR) is 58.4 cm³/mol. The number of fused-ring (bicyclic) bond motifs is 1. The maximum Gasteiger partial charge on any atom is 0.0672 e. The van der Waals surface area contributed by atoms with Crippen molar-refractivity contribution in [2.75, 3.05) is 5.73 Å². The summed E-state index contributed by atoms with van der Waals surface area (Å²) in [6.07, 6.45) is 0. The van der Waals surface area contributed by atoms with E-state index in [2.05, 4.69) is 0 Å². The minimum atomic E-state index is 0.498. The zero-order chi connectivity index (χ0) is 9.42. The van der Waals surface area contributed by atoms with Gasteiger partial charge in [0.05, 0.1) is 10.0 Å². The average molecular weight is 212 g/mol. The lowest BCUT2D eigenvalue weighted by Gasteiger charge is -2.05. The number of benzene rings is 2. The van der Waals surface area contributed by atoms with Crippen LogP contribution >= 0.6 is 23.2 Å². The van der Waals surface area contributed by atoms with Crippen LogP contribution in [0.4, 0.5) is 5.69 Å². The molecule has 0 amide bonds. The summed E-state index contributed by atoms with van der Waals surface area (Å²) < 4.78 is 0. The van der Waals surface area contributed by atoms with Crippen LogP contribution in [0.1, 0.15) is 0 Å². The van der Waals surface area contributed by atoms with Crippen molar-refractivity contribution in [1.82, 2.24) is 0 Å². The molecule has 0 spiro atoms. The van der Waals surface area contributed by atoms with Gasteiger partial charge in [0.2, 0.25) is 0 Å². The van der Waals surface area contributed by atoms with E-state index >= 15 is 0 Å². The smallest absolute Gasteiger partial charge is 0.0672 e. The zero-order valence-electron chi connectivity index (χ0n) is 6.72. The standard InChI is InChI=1S/C10H7Cl2N/c11-8-5-9(13)6-3-1-2-4-7(6)10(8)12/h1-5H,13H2. The maximum atomic E-state index is 6.01. The number of rotatable bonds is 0. The minimum absolute atomic E-state index is 0.498. The second-order valence-corrected chi connectivity index (χ2v) is 3.59.